The van der Waals surface area contributed by atoms with Gasteiger partial charge in [0.2, 0.25) is 5.91 Å². The van der Waals surface area contributed by atoms with Gasteiger partial charge in [-0.1, -0.05) is 43.0 Å². The van der Waals surface area contributed by atoms with Crippen LogP contribution >= 0.6 is 11.8 Å². The Labute approximate surface area is 195 Å². The Morgan fingerprint density at radius 3 is 2.79 bits per heavy atom. The van der Waals surface area contributed by atoms with Crippen molar-refractivity contribution in [3.63, 3.8) is 0 Å². The molecule has 33 heavy (non-hydrogen) atoms. The molecule has 0 bridgehead atoms. The molecule has 168 valence electrons. The van der Waals surface area contributed by atoms with Gasteiger partial charge >= 0.3 is 0 Å². The zero-order chi connectivity index (χ0) is 23.1. The molecule has 1 N–H and O–H groups in total. The van der Waals surface area contributed by atoms with Crippen molar-refractivity contribution in [2.45, 2.75) is 44.8 Å². The van der Waals surface area contributed by atoms with E-state index >= 15 is 0 Å². The summed E-state index contributed by atoms with van der Waals surface area (Å²) in [6.45, 7) is 6.17. The molecular formula is C25H25N5O2S. The topological polar surface area (TPSA) is 81.8 Å². The number of aromatic nitrogens is 4. The van der Waals surface area contributed by atoms with Crippen molar-refractivity contribution in [3.05, 3.63) is 75.7 Å². The molecule has 0 aliphatic carbocycles. The molecule has 0 fully saturated rings. The lowest BCUT2D eigenvalue weighted by Gasteiger charge is -2.15. The number of thioether (sulfide) groups is 1. The Kier molecular flexibility index (Phi) is 5.54. The van der Waals surface area contributed by atoms with Gasteiger partial charge in [-0.3, -0.25) is 14.2 Å². The number of fused-ring (bicyclic) bond motifs is 2. The predicted molar refractivity (Wildman–Crippen MR) is 131 cm³/mol. The van der Waals surface area contributed by atoms with E-state index in [-0.39, 0.29) is 23.9 Å². The molecule has 0 radical (unpaired) electrons. The van der Waals surface area contributed by atoms with E-state index in [1.54, 1.807) is 15.4 Å². The molecule has 4 aromatic rings. The Morgan fingerprint density at radius 1 is 1.18 bits per heavy atom. The van der Waals surface area contributed by atoms with E-state index in [9.17, 15) is 9.59 Å². The summed E-state index contributed by atoms with van der Waals surface area (Å²) in [4.78, 5) is 30.9. The quantitative estimate of drug-likeness (QED) is 0.446. The number of carbonyl (C=O) groups excluding carboxylic acids is 1. The van der Waals surface area contributed by atoms with Gasteiger partial charge in [0, 0.05) is 17.9 Å². The van der Waals surface area contributed by atoms with E-state index in [4.69, 9.17) is 4.98 Å². The van der Waals surface area contributed by atoms with Gasteiger partial charge in [-0.25, -0.2) is 9.67 Å². The number of anilines is 1. The first-order valence-electron chi connectivity index (χ1n) is 11.0. The van der Waals surface area contributed by atoms with Crippen molar-refractivity contribution in [1.29, 1.82) is 0 Å². The van der Waals surface area contributed by atoms with Gasteiger partial charge in [0.1, 0.15) is 5.39 Å². The molecule has 5 rings (SSSR count). The highest BCUT2D eigenvalue weighted by Crippen LogP contribution is 2.34. The average molecular weight is 460 g/mol. The maximum Gasteiger partial charge on any atom is 0.265 e. The number of benzene rings is 2. The fourth-order valence-corrected chi connectivity index (χ4v) is 5.32. The monoisotopic (exact) mass is 459 g/mol. The summed E-state index contributed by atoms with van der Waals surface area (Å²) >= 11 is 1.50. The van der Waals surface area contributed by atoms with Crippen molar-refractivity contribution in [1.82, 2.24) is 19.3 Å². The Bertz CT molecular complexity index is 1440. The minimum atomic E-state index is -0.242. The lowest BCUT2D eigenvalue weighted by molar-refractivity contribution is -0.116. The van der Waals surface area contributed by atoms with Crippen LogP contribution < -0.4 is 10.9 Å². The zero-order valence-electron chi connectivity index (χ0n) is 18.8. The first-order valence-corrected chi connectivity index (χ1v) is 12.0. The van der Waals surface area contributed by atoms with Gasteiger partial charge in [0.15, 0.2) is 10.8 Å². The number of amides is 1. The second-order valence-corrected chi connectivity index (χ2v) is 9.35. The molecule has 7 nitrogen and oxygen atoms in total. The largest absolute Gasteiger partial charge is 0.326 e. The fourth-order valence-electron chi connectivity index (χ4n) is 4.19. The van der Waals surface area contributed by atoms with Crippen LogP contribution in [0.4, 0.5) is 5.69 Å². The number of rotatable bonds is 5. The van der Waals surface area contributed by atoms with Crippen LogP contribution in [0.5, 0.6) is 0 Å². The molecular weight excluding hydrogens is 434 g/mol. The van der Waals surface area contributed by atoms with Gasteiger partial charge in [0.05, 0.1) is 17.9 Å². The highest BCUT2D eigenvalue weighted by Gasteiger charge is 2.29. The number of nitrogens with one attached hydrogen (secondary N) is 1. The van der Waals surface area contributed by atoms with Crippen molar-refractivity contribution < 1.29 is 4.79 Å². The summed E-state index contributed by atoms with van der Waals surface area (Å²) in [5.74, 6) is 0.529. The van der Waals surface area contributed by atoms with Crippen LogP contribution in [0.1, 0.15) is 36.1 Å². The molecule has 3 heterocycles. The summed E-state index contributed by atoms with van der Waals surface area (Å²) in [7, 11) is 0. The molecule has 0 saturated heterocycles. The molecule has 1 aliphatic rings. The van der Waals surface area contributed by atoms with Crippen LogP contribution in [0.15, 0.2) is 58.6 Å². The van der Waals surface area contributed by atoms with E-state index in [0.29, 0.717) is 21.9 Å². The molecule has 2 aromatic carbocycles. The molecule has 0 spiro atoms. The van der Waals surface area contributed by atoms with Crippen LogP contribution in [0.3, 0.4) is 0 Å². The second kappa shape index (κ2) is 8.51. The number of nitrogens with zero attached hydrogens (tertiary/aromatic N) is 4. The van der Waals surface area contributed by atoms with Crippen LogP contribution in [0, 0.1) is 13.8 Å². The lowest BCUT2D eigenvalue weighted by atomic mass is 10.1. The van der Waals surface area contributed by atoms with Gasteiger partial charge in [-0.15, -0.1) is 0 Å². The smallest absolute Gasteiger partial charge is 0.265 e. The van der Waals surface area contributed by atoms with E-state index < -0.39 is 0 Å². The summed E-state index contributed by atoms with van der Waals surface area (Å²) in [5.41, 5.74) is 5.53. The number of aryl methyl sites for hydroxylation is 3. The van der Waals surface area contributed by atoms with E-state index in [0.717, 1.165) is 28.9 Å². The van der Waals surface area contributed by atoms with Gasteiger partial charge in [0.25, 0.3) is 5.56 Å². The Balaban J connectivity index is 1.45. The van der Waals surface area contributed by atoms with Gasteiger partial charge in [-0.05, 0) is 55.2 Å². The fraction of sp³-hybridized carbons (Fsp3) is 0.280. The third-order valence-corrected chi connectivity index (χ3v) is 7.30. The minimum absolute atomic E-state index is 0.104. The maximum absolute atomic E-state index is 13.4. The number of para-hydroxylation sites is 1. The zero-order valence-corrected chi connectivity index (χ0v) is 19.6. The molecule has 1 amide bonds. The van der Waals surface area contributed by atoms with E-state index in [1.807, 2.05) is 42.5 Å². The summed E-state index contributed by atoms with van der Waals surface area (Å²) in [5, 5.41) is 8.55. The molecule has 1 atom stereocenters. The standard InChI is InChI=1S/C25H25N5O2S/c1-4-17-7-5-6-8-21(17)27-22(31)12-19-14-33-25-28-23-20(24(32)29(19)25)13-26-30(23)18-10-9-15(2)16(3)11-18/h5-11,13,19H,4,12,14H2,1-3H3,(H,27,31). The van der Waals surface area contributed by atoms with Gasteiger partial charge in [-0.2, -0.15) is 5.10 Å². The first-order chi connectivity index (χ1) is 16.0. The van der Waals surface area contributed by atoms with Crippen LogP contribution in [-0.2, 0) is 11.2 Å². The second-order valence-electron chi connectivity index (χ2n) is 8.36. The highest BCUT2D eigenvalue weighted by molar-refractivity contribution is 7.99. The van der Waals surface area contributed by atoms with E-state index in [1.165, 1.54) is 17.3 Å². The molecule has 0 saturated carbocycles. The number of carbonyl (C=O) groups is 1. The normalized spacial score (nSPS) is 15.1. The van der Waals surface area contributed by atoms with Crippen molar-refractivity contribution in [2.75, 3.05) is 11.1 Å². The van der Waals surface area contributed by atoms with E-state index in [2.05, 4.69) is 31.2 Å². The molecule has 2 aromatic heterocycles. The van der Waals surface area contributed by atoms with Crippen LogP contribution in [0.25, 0.3) is 16.7 Å². The average Bonchev–Trinajstić information content (AvgIpc) is 3.41. The number of hydrogen-bond acceptors (Lipinski definition) is 5. The van der Waals surface area contributed by atoms with Crippen molar-refractivity contribution >= 4 is 34.4 Å². The van der Waals surface area contributed by atoms with Crippen LogP contribution in [-0.4, -0.2) is 31.0 Å². The number of hydrogen-bond donors (Lipinski definition) is 1. The van der Waals surface area contributed by atoms with Gasteiger partial charge < -0.3 is 5.32 Å². The Hall–Kier alpha value is -3.39. The maximum atomic E-state index is 13.4. The minimum Gasteiger partial charge on any atom is -0.326 e. The third kappa shape index (κ3) is 3.84. The highest BCUT2D eigenvalue weighted by atomic mass is 32.2. The van der Waals surface area contributed by atoms with Crippen molar-refractivity contribution in [3.8, 4) is 5.69 Å². The third-order valence-electron chi connectivity index (χ3n) is 6.20. The van der Waals surface area contributed by atoms with Crippen molar-refractivity contribution in [2.24, 2.45) is 0 Å². The molecule has 1 unspecified atom stereocenters. The lowest BCUT2D eigenvalue weighted by Crippen LogP contribution is -2.28. The summed E-state index contributed by atoms with van der Waals surface area (Å²) < 4.78 is 3.37. The summed E-state index contributed by atoms with van der Waals surface area (Å²) in [6.07, 6.45) is 2.63. The summed E-state index contributed by atoms with van der Waals surface area (Å²) in [6, 6.07) is 13.6. The molecule has 8 heteroatoms. The molecule has 1 aliphatic heterocycles. The Morgan fingerprint density at radius 2 is 2.00 bits per heavy atom. The first kappa shape index (κ1) is 21.5. The van der Waals surface area contributed by atoms with Crippen LogP contribution in [0.2, 0.25) is 0 Å². The SMILES string of the molecule is CCc1ccccc1NC(=O)CC1CSc2nc3c(cnn3-c3ccc(C)c(C)c3)c(=O)n21. The predicted octanol–water partition coefficient (Wildman–Crippen LogP) is 4.44.